The molecule has 2 rings (SSSR count). The second-order valence-electron chi connectivity index (χ2n) is 3.69. The predicted molar refractivity (Wildman–Crippen MR) is 72.8 cm³/mol. The number of primary amides is 1. The Balaban J connectivity index is 2.36. The van der Waals surface area contributed by atoms with Gasteiger partial charge in [0.15, 0.2) is 5.16 Å². The van der Waals surface area contributed by atoms with E-state index in [4.69, 9.17) is 17.2 Å². The first-order valence-corrected chi connectivity index (χ1v) is 6.01. The number of hydrogen-bond acceptors (Lipinski definition) is 6. The van der Waals surface area contributed by atoms with E-state index in [2.05, 4.69) is 9.97 Å². The fourth-order valence-corrected chi connectivity index (χ4v) is 2.26. The fraction of sp³-hybridized carbons (Fsp3) is 0. The summed E-state index contributed by atoms with van der Waals surface area (Å²) < 4.78 is 0. The number of nitrogens with zero attached hydrogens (tertiary/aromatic N) is 1. The van der Waals surface area contributed by atoms with Gasteiger partial charge in [-0.25, -0.2) is 4.98 Å². The number of carbonyl (C=O) groups is 1. The van der Waals surface area contributed by atoms with Gasteiger partial charge in [-0.3, -0.25) is 9.59 Å². The predicted octanol–water partition coefficient (Wildman–Crippen LogP) is 0.184. The molecule has 19 heavy (non-hydrogen) atoms. The van der Waals surface area contributed by atoms with Crippen molar-refractivity contribution < 1.29 is 4.79 Å². The minimum Gasteiger partial charge on any atom is -0.398 e. The van der Waals surface area contributed by atoms with Gasteiger partial charge in [0, 0.05) is 16.6 Å². The Hall–Kier alpha value is -2.48. The molecule has 8 heteroatoms. The highest BCUT2D eigenvalue weighted by Gasteiger charge is 2.08. The number of rotatable bonds is 3. The van der Waals surface area contributed by atoms with Gasteiger partial charge >= 0.3 is 0 Å². The lowest BCUT2D eigenvalue weighted by Gasteiger charge is -2.05. The van der Waals surface area contributed by atoms with Crippen molar-refractivity contribution in [2.24, 2.45) is 5.73 Å². The molecule has 0 fully saturated rings. The number of nitrogens with one attached hydrogen (secondary N) is 1. The number of amides is 1. The van der Waals surface area contributed by atoms with E-state index in [9.17, 15) is 9.59 Å². The summed E-state index contributed by atoms with van der Waals surface area (Å²) in [7, 11) is 0. The standard InChI is InChI=1S/C11H11N5O2S/c12-7-2-1-5(3-6(7)10(14)18)19-11-15-8(13)4-9(17)16-11/h1-4H,12H2,(H2,14,18)(H3,13,15,16,17). The van der Waals surface area contributed by atoms with Gasteiger partial charge in [0.1, 0.15) is 5.82 Å². The molecule has 0 aliphatic carbocycles. The van der Waals surface area contributed by atoms with Gasteiger partial charge in [0.05, 0.1) is 5.56 Å². The normalized spacial score (nSPS) is 10.3. The molecule has 0 atom stereocenters. The van der Waals surface area contributed by atoms with E-state index in [-0.39, 0.29) is 16.9 Å². The molecule has 7 nitrogen and oxygen atoms in total. The van der Waals surface area contributed by atoms with Gasteiger partial charge in [-0.15, -0.1) is 0 Å². The Labute approximate surface area is 112 Å². The quantitative estimate of drug-likeness (QED) is 0.466. The number of nitrogens with two attached hydrogens (primary N) is 3. The van der Waals surface area contributed by atoms with Gasteiger partial charge in [-0.05, 0) is 18.2 Å². The molecule has 98 valence electrons. The molecule has 2 aromatic rings. The lowest BCUT2D eigenvalue weighted by Crippen LogP contribution is -2.13. The molecule has 0 spiro atoms. The summed E-state index contributed by atoms with van der Waals surface area (Å²) >= 11 is 1.15. The van der Waals surface area contributed by atoms with Crippen LogP contribution in [-0.2, 0) is 0 Å². The largest absolute Gasteiger partial charge is 0.398 e. The first-order valence-electron chi connectivity index (χ1n) is 5.20. The Morgan fingerprint density at radius 2 is 2.00 bits per heavy atom. The molecular formula is C11H11N5O2S. The maximum atomic E-state index is 11.2. The first kappa shape index (κ1) is 13.0. The summed E-state index contributed by atoms with van der Waals surface area (Å²) in [5, 5.41) is 0.324. The molecule has 0 bridgehead atoms. The van der Waals surface area contributed by atoms with Crippen LogP contribution in [0.15, 0.2) is 39.1 Å². The molecular weight excluding hydrogens is 266 g/mol. The fourth-order valence-electron chi connectivity index (χ4n) is 1.43. The summed E-state index contributed by atoms with van der Waals surface area (Å²) in [6.45, 7) is 0. The van der Waals surface area contributed by atoms with Crippen molar-refractivity contribution in [3.8, 4) is 0 Å². The van der Waals surface area contributed by atoms with E-state index in [1.165, 1.54) is 12.1 Å². The first-order chi connectivity index (χ1) is 8.95. The number of aromatic amines is 1. The molecule has 0 radical (unpaired) electrons. The van der Waals surface area contributed by atoms with Crippen LogP contribution in [0, 0.1) is 0 Å². The summed E-state index contributed by atoms with van der Waals surface area (Å²) in [6, 6.07) is 5.97. The highest BCUT2D eigenvalue weighted by molar-refractivity contribution is 7.99. The van der Waals surface area contributed by atoms with Crippen molar-refractivity contribution in [3.63, 3.8) is 0 Å². The smallest absolute Gasteiger partial charge is 0.253 e. The van der Waals surface area contributed by atoms with E-state index in [1.54, 1.807) is 12.1 Å². The number of carbonyl (C=O) groups excluding carboxylic acids is 1. The van der Waals surface area contributed by atoms with Crippen LogP contribution in [0.3, 0.4) is 0 Å². The van der Waals surface area contributed by atoms with Crippen molar-refractivity contribution in [1.29, 1.82) is 0 Å². The SMILES string of the molecule is NC(=O)c1cc(Sc2nc(N)cc(=O)[nH]2)ccc1N. The number of aromatic nitrogens is 2. The molecule has 1 amide bonds. The Kier molecular flexibility index (Phi) is 3.43. The Bertz CT molecular complexity index is 698. The second-order valence-corrected chi connectivity index (χ2v) is 4.75. The van der Waals surface area contributed by atoms with Crippen LogP contribution in [-0.4, -0.2) is 15.9 Å². The molecule has 0 aliphatic heterocycles. The highest BCUT2D eigenvalue weighted by Crippen LogP contribution is 2.27. The lowest BCUT2D eigenvalue weighted by molar-refractivity contribution is 0.100. The molecule has 1 heterocycles. The topological polar surface area (TPSA) is 141 Å². The van der Waals surface area contributed by atoms with Gasteiger partial charge < -0.3 is 22.2 Å². The summed E-state index contributed by atoms with van der Waals surface area (Å²) in [5.74, 6) is -0.495. The van der Waals surface area contributed by atoms with Crippen LogP contribution in [0.1, 0.15) is 10.4 Å². The van der Waals surface area contributed by atoms with Gasteiger partial charge in [-0.2, -0.15) is 0 Å². The zero-order chi connectivity index (χ0) is 14.0. The van der Waals surface area contributed by atoms with E-state index in [1.807, 2.05) is 0 Å². The molecule has 0 aliphatic rings. The number of anilines is 2. The number of benzene rings is 1. The summed E-state index contributed by atoms with van der Waals surface area (Å²) in [4.78, 5) is 29.6. The van der Waals surface area contributed by atoms with Crippen LogP contribution in [0.25, 0.3) is 0 Å². The summed E-state index contributed by atoms with van der Waals surface area (Å²) in [6.07, 6.45) is 0. The van der Waals surface area contributed by atoms with Crippen molar-refractivity contribution >= 4 is 29.2 Å². The molecule has 1 aromatic heterocycles. The zero-order valence-corrected chi connectivity index (χ0v) is 10.5. The maximum Gasteiger partial charge on any atom is 0.253 e. The lowest BCUT2D eigenvalue weighted by atomic mass is 10.2. The number of H-pyrrole nitrogens is 1. The molecule has 0 saturated carbocycles. The van der Waals surface area contributed by atoms with E-state index in [0.29, 0.717) is 15.7 Å². The van der Waals surface area contributed by atoms with Crippen LogP contribution < -0.4 is 22.8 Å². The van der Waals surface area contributed by atoms with E-state index < -0.39 is 5.91 Å². The average molecular weight is 277 g/mol. The average Bonchev–Trinajstić information content (AvgIpc) is 2.30. The Morgan fingerprint density at radius 1 is 1.26 bits per heavy atom. The third kappa shape index (κ3) is 3.05. The van der Waals surface area contributed by atoms with Crippen LogP contribution in [0.5, 0.6) is 0 Å². The number of hydrogen-bond donors (Lipinski definition) is 4. The maximum absolute atomic E-state index is 11.2. The minimum atomic E-state index is -0.617. The molecule has 1 aromatic carbocycles. The van der Waals surface area contributed by atoms with Crippen molar-refractivity contribution in [2.75, 3.05) is 11.5 Å². The van der Waals surface area contributed by atoms with Crippen molar-refractivity contribution in [2.45, 2.75) is 10.1 Å². The van der Waals surface area contributed by atoms with Crippen molar-refractivity contribution in [1.82, 2.24) is 9.97 Å². The van der Waals surface area contributed by atoms with Crippen molar-refractivity contribution in [3.05, 3.63) is 40.2 Å². The summed E-state index contributed by atoms with van der Waals surface area (Å²) in [5.41, 5.74) is 16.5. The van der Waals surface area contributed by atoms with E-state index in [0.717, 1.165) is 11.8 Å². The highest BCUT2D eigenvalue weighted by atomic mass is 32.2. The molecule has 7 N–H and O–H groups in total. The second kappa shape index (κ2) is 5.02. The minimum absolute atomic E-state index is 0.122. The monoisotopic (exact) mass is 277 g/mol. The molecule has 0 saturated heterocycles. The molecule has 0 unspecified atom stereocenters. The third-order valence-corrected chi connectivity index (χ3v) is 3.12. The van der Waals surface area contributed by atoms with Crippen LogP contribution in [0.2, 0.25) is 0 Å². The van der Waals surface area contributed by atoms with Gasteiger partial charge in [-0.1, -0.05) is 11.8 Å². The zero-order valence-electron chi connectivity index (χ0n) is 9.71. The van der Waals surface area contributed by atoms with Gasteiger partial charge in [0.25, 0.3) is 11.5 Å². The third-order valence-electron chi connectivity index (χ3n) is 2.24. The van der Waals surface area contributed by atoms with Gasteiger partial charge in [0.2, 0.25) is 0 Å². The van der Waals surface area contributed by atoms with Crippen LogP contribution >= 0.6 is 11.8 Å². The van der Waals surface area contributed by atoms with E-state index >= 15 is 0 Å². The van der Waals surface area contributed by atoms with Crippen LogP contribution in [0.4, 0.5) is 11.5 Å². The Morgan fingerprint density at radius 3 is 2.63 bits per heavy atom. The number of nitrogen functional groups attached to an aromatic ring is 2.